The highest BCUT2D eigenvalue weighted by Gasteiger charge is 2.16. The van der Waals surface area contributed by atoms with E-state index in [2.05, 4.69) is 5.32 Å². The zero-order valence-corrected chi connectivity index (χ0v) is 13.3. The van der Waals surface area contributed by atoms with Gasteiger partial charge in [0.1, 0.15) is 11.9 Å². The summed E-state index contributed by atoms with van der Waals surface area (Å²) < 4.78 is 12.9. The van der Waals surface area contributed by atoms with Crippen molar-refractivity contribution in [3.63, 3.8) is 0 Å². The van der Waals surface area contributed by atoms with Gasteiger partial charge in [-0.15, -0.1) is 11.3 Å². The Morgan fingerprint density at radius 2 is 2.00 bits per heavy atom. The smallest absolute Gasteiger partial charge is 0.320 e. The average molecular weight is 321 g/mol. The number of nitrogens with one attached hydrogen (secondary N) is 1. The summed E-state index contributed by atoms with van der Waals surface area (Å²) in [5, 5.41) is 12.3. The minimum Gasteiger partial charge on any atom is -0.480 e. The lowest BCUT2D eigenvalue weighted by Gasteiger charge is -2.13. The zero-order valence-electron chi connectivity index (χ0n) is 12.5. The minimum atomic E-state index is -0.802. The van der Waals surface area contributed by atoms with Gasteiger partial charge in [0.25, 0.3) is 0 Å². The molecule has 1 aromatic carbocycles. The van der Waals surface area contributed by atoms with E-state index in [1.54, 1.807) is 23.5 Å². The third-order valence-corrected chi connectivity index (χ3v) is 4.59. The molecule has 3 nitrogen and oxygen atoms in total. The number of carbonyl (C=O) groups is 1. The highest BCUT2D eigenvalue weighted by atomic mass is 32.1. The summed E-state index contributed by atoms with van der Waals surface area (Å²) in [5.74, 6) is -1.05. The maximum absolute atomic E-state index is 12.9. The summed E-state index contributed by atoms with van der Waals surface area (Å²) in [4.78, 5) is 13.3. The predicted molar refractivity (Wildman–Crippen MR) is 87.5 cm³/mol. The van der Waals surface area contributed by atoms with Gasteiger partial charge in [0.2, 0.25) is 0 Å². The fourth-order valence-electron chi connectivity index (χ4n) is 2.19. The van der Waals surface area contributed by atoms with Crippen molar-refractivity contribution in [2.75, 3.05) is 0 Å². The first-order valence-corrected chi connectivity index (χ1v) is 8.22. The van der Waals surface area contributed by atoms with Crippen molar-refractivity contribution in [3.05, 3.63) is 47.1 Å². The first-order chi connectivity index (χ1) is 10.6. The minimum absolute atomic E-state index is 0.248. The third-order valence-electron chi connectivity index (χ3n) is 3.46. The fourth-order valence-corrected chi connectivity index (χ4v) is 3.15. The van der Waals surface area contributed by atoms with Crippen molar-refractivity contribution in [2.24, 2.45) is 0 Å². The van der Waals surface area contributed by atoms with E-state index in [1.165, 1.54) is 12.1 Å². The number of hydrogen-bond acceptors (Lipinski definition) is 3. The van der Waals surface area contributed by atoms with Crippen LogP contribution in [-0.4, -0.2) is 17.1 Å². The van der Waals surface area contributed by atoms with E-state index in [-0.39, 0.29) is 5.82 Å². The first-order valence-electron chi connectivity index (χ1n) is 7.41. The van der Waals surface area contributed by atoms with Crippen LogP contribution in [0.15, 0.2) is 36.4 Å². The largest absolute Gasteiger partial charge is 0.480 e. The molecule has 1 heterocycles. The Hall–Kier alpha value is -1.72. The van der Waals surface area contributed by atoms with Gasteiger partial charge in [-0.1, -0.05) is 31.9 Å². The Labute approximate surface area is 133 Å². The van der Waals surface area contributed by atoms with E-state index in [0.29, 0.717) is 13.0 Å². The zero-order chi connectivity index (χ0) is 15.9. The van der Waals surface area contributed by atoms with Gasteiger partial charge in [-0.05, 0) is 36.2 Å². The monoisotopic (exact) mass is 321 g/mol. The molecule has 0 radical (unpaired) electrons. The van der Waals surface area contributed by atoms with E-state index < -0.39 is 12.0 Å². The quantitative estimate of drug-likeness (QED) is 0.762. The maximum Gasteiger partial charge on any atom is 0.320 e. The lowest BCUT2D eigenvalue weighted by Crippen LogP contribution is -2.35. The van der Waals surface area contributed by atoms with Crippen LogP contribution in [0.25, 0.3) is 10.4 Å². The number of aliphatic carboxylic acids is 1. The first kappa shape index (κ1) is 16.6. The van der Waals surface area contributed by atoms with Crippen LogP contribution in [0.2, 0.25) is 0 Å². The third kappa shape index (κ3) is 4.64. The molecule has 2 aromatic rings. The molecule has 0 aliphatic rings. The van der Waals surface area contributed by atoms with Gasteiger partial charge < -0.3 is 5.11 Å². The number of thiophene rings is 1. The van der Waals surface area contributed by atoms with Crippen molar-refractivity contribution in [3.8, 4) is 10.4 Å². The Morgan fingerprint density at radius 1 is 1.27 bits per heavy atom. The summed E-state index contributed by atoms with van der Waals surface area (Å²) in [7, 11) is 0. The molecule has 22 heavy (non-hydrogen) atoms. The fraction of sp³-hybridized carbons (Fsp3) is 0.353. The van der Waals surface area contributed by atoms with Crippen LogP contribution in [0.5, 0.6) is 0 Å². The molecule has 2 rings (SSSR count). The second kappa shape index (κ2) is 8.06. The maximum atomic E-state index is 12.9. The van der Waals surface area contributed by atoms with Crippen LogP contribution in [0.4, 0.5) is 4.39 Å². The summed E-state index contributed by atoms with van der Waals surface area (Å²) in [6, 6.07) is 9.85. The number of carboxylic acid groups (broad SMARTS) is 1. The molecule has 0 spiro atoms. The van der Waals surface area contributed by atoms with Crippen molar-refractivity contribution in [1.29, 1.82) is 0 Å². The van der Waals surface area contributed by atoms with Gasteiger partial charge >= 0.3 is 5.97 Å². The van der Waals surface area contributed by atoms with Gasteiger partial charge in [-0.3, -0.25) is 10.1 Å². The number of rotatable bonds is 8. The van der Waals surface area contributed by atoms with Crippen molar-refractivity contribution in [2.45, 2.75) is 38.8 Å². The molecule has 0 bridgehead atoms. The standard InChI is InChI=1S/C17H20FNO2S/c1-2-3-4-15(17(20)21)19-11-14-9-10-16(22-14)12-5-7-13(18)8-6-12/h5-10,15,19H,2-4,11H2,1H3,(H,20,21). The molecule has 0 aliphatic carbocycles. The molecule has 0 fully saturated rings. The van der Waals surface area contributed by atoms with Crippen LogP contribution in [-0.2, 0) is 11.3 Å². The van der Waals surface area contributed by atoms with Crippen molar-refractivity contribution in [1.82, 2.24) is 5.32 Å². The molecule has 118 valence electrons. The lowest BCUT2D eigenvalue weighted by molar-refractivity contribution is -0.139. The van der Waals surface area contributed by atoms with E-state index in [1.807, 2.05) is 19.1 Å². The average Bonchev–Trinajstić information content (AvgIpc) is 2.96. The highest BCUT2D eigenvalue weighted by Crippen LogP contribution is 2.28. The molecule has 1 aromatic heterocycles. The molecule has 1 unspecified atom stereocenters. The van der Waals surface area contributed by atoms with E-state index in [4.69, 9.17) is 0 Å². The Morgan fingerprint density at radius 3 is 2.64 bits per heavy atom. The predicted octanol–water partition coefficient (Wildman–Crippen LogP) is 4.29. The van der Waals surface area contributed by atoms with E-state index in [0.717, 1.165) is 28.2 Å². The summed E-state index contributed by atoms with van der Waals surface area (Å²) in [6.07, 6.45) is 2.52. The van der Waals surface area contributed by atoms with Crippen LogP contribution >= 0.6 is 11.3 Å². The number of carboxylic acids is 1. The topological polar surface area (TPSA) is 49.3 Å². The molecule has 0 saturated heterocycles. The lowest BCUT2D eigenvalue weighted by atomic mass is 10.1. The van der Waals surface area contributed by atoms with E-state index >= 15 is 0 Å². The second-order valence-electron chi connectivity index (χ2n) is 5.19. The molecule has 1 atom stereocenters. The van der Waals surface area contributed by atoms with Gasteiger partial charge in [-0.2, -0.15) is 0 Å². The molecule has 0 aliphatic heterocycles. The van der Waals surface area contributed by atoms with Crippen LogP contribution in [0, 0.1) is 5.82 Å². The van der Waals surface area contributed by atoms with E-state index in [9.17, 15) is 14.3 Å². The number of unbranched alkanes of at least 4 members (excludes halogenated alkanes) is 1. The summed E-state index contributed by atoms with van der Waals surface area (Å²) in [5.41, 5.74) is 0.971. The molecule has 0 saturated carbocycles. The summed E-state index contributed by atoms with van der Waals surface area (Å²) >= 11 is 1.59. The van der Waals surface area contributed by atoms with Gasteiger partial charge in [0.05, 0.1) is 0 Å². The highest BCUT2D eigenvalue weighted by molar-refractivity contribution is 7.15. The normalized spacial score (nSPS) is 12.3. The molecule has 5 heteroatoms. The second-order valence-corrected chi connectivity index (χ2v) is 6.36. The number of benzene rings is 1. The van der Waals surface area contributed by atoms with Crippen LogP contribution < -0.4 is 5.32 Å². The molecule has 0 amide bonds. The Bertz CT molecular complexity index is 609. The Kier molecular flexibility index (Phi) is 6.10. The van der Waals surface area contributed by atoms with Gasteiger partial charge in [0, 0.05) is 16.3 Å². The van der Waals surface area contributed by atoms with Crippen molar-refractivity contribution < 1.29 is 14.3 Å². The van der Waals surface area contributed by atoms with Gasteiger partial charge in [0.15, 0.2) is 0 Å². The molecular weight excluding hydrogens is 301 g/mol. The number of halogens is 1. The molecular formula is C17H20FNO2S. The molecule has 2 N–H and O–H groups in total. The van der Waals surface area contributed by atoms with Crippen molar-refractivity contribution >= 4 is 17.3 Å². The van der Waals surface area contributed by atoms with Gasteiger partial charge in [-0.25, -0.2) is 4.39 Å². The number of hydrogen-bond donors (Lipinski definition) is 2. The SMILES string of the molecule is CCCCC(NCc1ccc(-c2ccc(F)cc2)s1)C(=O)O. The van der Waals surface area contributed by atoms with Crippen LogP contribution in [0.3, 0.4) is 0 Å². The van der Waals surface area contributed by atoms with Crippen LogP contribution in [0.1, 0.15) is 31.1 Å². The summed E-state index contributed by atoms with van der Waals surface area (Å²) in [6.45, 7) is 2.58. The Balaban J connectivity index is 1.96.